The Hall–Kier alpha value is -0.800. The van der Waals surface area contributed by atoms with Gasteiger partial charge in [-0.3, -0.25) is 0 Å². The lowest BCUT2D eigenvalue weighted by Crippen LogP contribution is -2.25. The fraction of sp³-hybridized carbons (Fsp3) is 0.714. The van der Waals surface area contributed by atoms with Gasteiger partial charge in [-0.05, 0) is 38.3 Å². The summed E-state index contributed by atoms with van der Waals surface area (Å²) in [6, 6.07) is 4.14. The molecule has 98 valence electrons. The lowest BCUT2D eigenvalue weighted by molar-refractivity contribution is 0.0527. The second-order valence-corrected chi connectivity index (χ2v) is 5.00. The topological polar surface area (TPSA) is 34.4 Å². The standard InChI is InChI=1S/C14H25NO2/c1-11(2)10-12(3)16-9-7-15-13(4)14-6-5-8-17-14/h5-6,8,11-13,15H,7,9-10H2,1-4H3. The summed E-state index contributed by atoms with van der Waals surface area (Å²) in [4.78, 5) is 0. The fourth-order valence-electron chi connectivity index (χ4n) is 1.91. The van der Waals surface area contributed by atoms with Crippen molar-refractivity contribution in [1.82, 2.24) is 5.32 Å². The molecule has 0 aliphatic rings. The molecular weight excluding hydrogens is 214 g/mol. The number of rotatable bonds is 8. The molecule has 3 nitrogen and oxygen atoms in total. The van der Waals surface area contributed by atoms with Crippen LogP contribution in [0.3, 0.4) is 0 Å². The van der Waals surface area contributed by atoms with Crippen LogP contribution in [0.1, 0.15) is 45.9 Å². The maximum Gasteiger partial charge on any atom is 0.120 e. The van der Waals surface area contributed by atoms with Crippen molar-refractivity contribution in [2.24, 2.45) is 5.92 Å². The minimum Gasteiger partial charge on any atom is -0.468 e. The van der Waals surface area contributed by atoms with Gasteiger partial charge in [-0.15, -0.1) is 0 Å². The van der Waals surface area contributed by atoms with E-state index in [-0.39, 0.29) is 6.04 Å². The van der Waals surface area contributed by atoms with E-state index in [0.29, 0.717) is 12.0 Å². The van der Waals surface area contributed by atoms with Gasteiger partial charge in [-0.1, -0.05) is 13.8 Å². The number of furan rings is 1. The van der Waals surface area contributed by atoms with Gasteiger partial charge in [-0.25, -0.2) is 0 Å². The summed E-state index contributed by atoms with van der Waals surface area (Å²) in [6.45, 7) is 10.3. The zero-order chi connectivity index (χ0) is 12.7. The molecule has 0 aliphatic carbocycles. The van der Waals surface area contributed by atoms with Gasteiger partial charge in [0.2, 0.25) is 0 Å². The molecule has 0 aliphatic heterocycles. The van der Waals surface area contributed by atoms with Crippen molar-refractivity contribution in [3.05, 3.63) is 24.2 Å². The van der Waals surface area contributed by atoms with Gasteiger partial charge >= 0.3 is 0 Å². The predicted molar refractivity (Wildman–Crippen MR) is 70.0 cm³/mol. The molecule has 3 heteroatoms. The van der Waals surface area contributed by atoms with E-state index in [1.165, 1.54) is 0 Å². The minimum atomic E-state index is 0.244. The third kappa shape index (κ3) is 5.89. The fourth-order valence-corrected chi connectivity index (χ4v) is 1.91. The summed E-state index contributed by atoms with van der Waals surface area (Å²) >= 11 is 0. The van der Waals surface area contributed by atoms with Crippen LogP contribution in [0.2, 0.25) is 0 Å². The summed E-state index contributed by atoms with van der Waals surface area (Å²) in [5.41, 5.74) is 0. The van der Waals surface area contributed by atoms with E-state index < -0.39 is 0 Å². The minimum absolute atomic E-state index is 0.244. The van der Waals surface area contributed by atoms with Crippen LogP contribution in [0.25, 0.3) is 0 Å². The normalized spacial score (nSPS) is 15.1. The molecule has 17 heavy (non-hydrogen) atoms. The first-order valence-electron chi connectivity index (χ1n) is 6.48. The van der Waals surface area contributed by atoms with Gasteiger partial charge in [0.25, 0.3) is 0 Å². The second kappa shape index (κ2) is 7.51. The third-order valence-corrected chi connectivity index (χ3v) is 2.73. The number of hydrogen-bond acceptors (Lipinski definition) is 3. The first-order valence-corrected chi connectivity index (χ1v) is 6.48. The average Bonchev–Trinajstić information content (AvgIpc) is 2.76. The number of ether oxygens (including phenoxy) is 1. The molecule has 0 aromatic carbocycles. The monoisotopic (exact) mass is 239 g/mol. The van der Waals surface area contributed by atoms with Crippen LogP contribution in [-0.2, 0) is 4.74 Å². The predicted octanol–water partition coefficient (Wildman–Crippen LogP) is 3.38. The Morgan fingerprint density at radius 3 is 2.65 bits per heavy atom. The zero-order valence-corrected chi connectivity index (χ0v) is 11.4. The van der Waals surface area contributed by atoms with Gasteiger partial charge in [0.1, 0.15) is 5.76 Å². The molecule has 2 unspecified atom stereocenters. The molecule has 0 bridgehead atoms. The van der Waals surface area contributed by atoms with Crippen molar-refractivity contribution in [3.8, 4) is 0 Å². The molecule has 0 spiro atoms. The van der Waals surface area contributed by atoms with E-state index in [1.54, 1.807) is 6.26 Å². The van der Waals surface area contributed by atoms with E-state index in [4.69, 9.17) is 9.15 Å². The van der Waals surface area contributed by atoms with E-state index in [0.717, 1.165) is 25.3 Å². The smallest absolute Gasteiger partial charge is 0.120 e. The molecule has 1 heterocycles. The van der Waals surface area contributed by atoms with E-state index >= 15 is 0 Å². The number of hydrogen-bond donors (Lipinski definition) is 1. The third-order valence-electron chi connectivity index (χ3n) is 2.73. The highest BCUT2D eigenvalue weighted by molar-refractivity contribution is 5.02. The Morgan fingerprint density at radius 2 is 2.06 bits per heavy atom. The molecule has 1 aromatic rings. The molecule has 0 fully saturated rings. The van der Waals surface area contributed by atoms with E-state index in [1.807, 2.05) is 12.1 Å². The summed E-state index contributed by atoms with van der Waals surface area (Å²) in [7, 11) is 0. The average molecular weight is 239 g/mol. The largest absolute Gasteiger partial charge is 0.468 e. The summed E-state index contributed by atoms with van der Waals surface area (Å²) in [6.07, 6.45) is 3.17. The first-order chi connectivity index (χ1) is 8.09. The highest BCUT2D eigenvalue weighted by atomic mass is 16.5. The van der Waals surface area contributed by atoms with Gasteiger partial charge in [0, 0.05) is 6.54 Å². The van der Waals surface area contributed by atoms with Crippen LogP contribution < -0.4 is 5.32 Å². The Balaban J connectivity index is 2.08. The van der Waals surface area contributed by atoms with Gasteiger partial charge < -0.3 is 14.5 Å². The highest BCUT2D eigenvalue weighted by Crippen LogP contribution is 2.11. The zero-order valence-electron chi connectivity index (χ0n) is 11.4. The molecule has 0 radical (unpaired) electrons. The molecule has 0 amide bonds. The maximum atomic E-state index is 5.73. The first kappa shape index (κ1) is 14.3. The molecule has 0 saturated heterocycles. The summed E-state index contributed by atoms with van der Waals surface area (Å²) < 4.78 is 11.1. The molecule has 1 rings (SSSR count). The Kier molecular flexibility index (Phi) is 6.30. The Morgan fingerprint density at radius 1 is 1.29 bits per heavy atom. The second-order valence-electron chi connectivity index (χ2n) is 5.00. The molecule has 1 aromatic heterocycles. The van der Waals surface area contributed by atoms with Crippen LogP contribution in [0.4, 0.5) is 0 Å². The van der Waals surface area contributed by atoms with Crippen molar-refractivity contribution >= 4 is 0 Å². The Labute approximate surface area is 105 Å². The van der Waals surface area contributed by atoms with Crippen molar-refractivity contribution < 1.29 is 9.15 Å². The Bertz CT molecular complexity index is 282. The van der Waals surface area contributed by atoms with Gasteiger partial charge in [0.05, 0.1) is 25.0 Å². The van der Waals surface area contributed by atoms with E-state index in [2.05, 4.69) is 33.0 Å². The molecular formula is C14H25NO2. The summed E-state index contributed by atoms with van der Waals surface area (Å²) in [5.74, 6) is 1.67. The van der Waals surface area contributed by atoms with Crippen LogP contribution in [0.15, 0.2) is 22.8 Å². The van der Waals surface area contributed by atoms with Crippen LogP contribution in [0.5, 0.6) is 0 Å². The van der Waals surface area contributed by atoms with Crippen molar-refractivity contribution in [3.63, 3.8) is 0 Å². The lowest BCUT2D eigenvalue weighted by atomic mass is 10.1. The highest BCUT2D eigenvalue weighted by Gasteiger charge is 2.08. The lowest BCUT2D eigenvalue weighted by Gasteiger charge is -2.16. The summed E-state index contributed by atoms with van der Waals surface area (Å²) in [5, 5.41) is 3.37. The van der Waals surface area contributed by atoms with Crippen molar-refractivity contribution in [2.45, 2.75) is 46.3 Å². The van der Waals surface area contributed by atoms with Gasteiger partial charge in [0.15, 0.2) is 0 Å². The van der Waals surface area contributed by atoms with Crippen LogP contribution in [0, 0.1) is 5.92 Å². The molecule has 1 N–H and O–H groups in total. The molecule has 2 atom stereocenters. The quantitative estimate of drug-likeness (QED) is 0.706. The SMILES string of the molecule is CC(C)CC(C)OCCNC(C)c1ccco1. The molecule has 0 saturated carbocycles. The van der Waals surface area contributed by atoms with E-state index in [9.17, 15) is 0 Å². The van der Waals surface area contributed by atoms with Crippen LogP contribution >= 0.6 is 0 Å². The number of nitrogens with one attached hydrogen (secondary N) is 1. The van der Waals surface area contributed by atoms with Crippen molar-refractivity contribution in [2.75, 3.05) is 13.2 Å². The van der Waals surface area contributed by atoms with Crippen LogP contribution in [-0.4, -0.2) is 19.3 Å². The van der Waals surface area contributed by atoms with Gasteiger partial charge in [-0.2, -0.15) is 0 Å². The van der Waals surface area contributed by atoms with Crippen molar-refractivity contribution in [1.29, 1.82) is 0 Å². The maximum absolute atomic E-state index is 5.73.